The number of likely N-dealkylation sites (N-methyl/N-ethyl adjacent to an activating group) is 2. The maximum Gasteiger partial charge on any atom is 0.185 e. The number of aromatic nitrogens is 1. The molecule has 2 N–H and O–H groups in total. The molecule has 1 atom stereocenters. The zero-order valence-corrected chi connectivity index (χ0v) is 13.2. The van der Waals surface area contributed by atoms with E-state index in [4.69, 9.17) is 10.7 Å². The third-order valence-corrected chi connectivity index (χ3v) is 5.10. The third kappa shape index (κ3) is 3.46. The van der Waals surface area contributed by atoms with Crippen LogP contribution < -0.4 is 10.6 Å². The zero-order valence-electron chi connectivity index (χ0n) is 12.4. The van der Waals surface area contributed by atoms with Crippen molar-refractivity contribution in [2.75, 3.05) is 32.1 Å². The minimum absolute atomic E-state index is 0.588. The number of piperidine rings is 1. The summed E-state index contributed by atoms with van der Waals surface area (Å²) < 4.78 is 0. The van der Waals surface area contributed by atoms with Gasteiger partial charge in [-0.15, -0.1) is 11.3 Å². The molecule has 19 heavy (non-hydrogen) atoms. The molecule has 1 aromatic heterocycles. The van der Waals surface area contributed by atoms with E-state index in [0.29, 0.717) is 12.6 Å². The summed E-state index contributed by atoms with van der Waals surface area (Å²) in [5.41, 5.74) is 7.05. The maximum atomic E-state index is 5.84. The van der Waals surface area contributed by atoms with Gasteiger partial charge in [0.25, 0.3) is 0 Å². The fourth-order valence-electron chi connectivity index (χ4n) is 2.72. The van der Waals surface area contributed by atoms with E-state index in [1.54, 1.807) is 11.3 Å². The van der Waals surface area contributed by atoms with E-state index in [1.807, 2.05) is 0 Å². The molecule has 1 fully saturated rings. The van der Waals surface area contributed by atoms with Crippen molar-refractivity contribution in [3.8, 4) is 0 Å². The molecule has 0 aliphatic carbocycles. The number of hydrogen-bond donors (Lipinski definition) is 1. The second-order valence-corrected chi connectivity index (χ2v) is 6.55. The van der Waals surface area contributed by atoms with Crippen LogP contribution in [0.1, 0.15) is 36.8 Å². The number of likely N-dealkylation sites (tertiary alicyclic amines) is 1. The van der Waals surface area contributed by atoms with Crippen molar-refractivity contribution in [3.63, 3.8) is 0 Å². The molecule has 108 valence electrons. The first-order valence-electron chi connectivity index (χ1n) is 7.25. The van der Waals surface area contributed by atoms with Gasteiger partial charge in [0.15, 0.2) is 5.13 Å². The summed E-state index contributed by atoms with van der Waals surface area (Å²) in [4.78, 5) is 10.8. The Balaban J connectivity index is 2.11. The maximum absolute atomic E-state index is 5.84. The van der Waals surface area contributed by atoms with Crippen LogP contribution in [0, 0.1) is 0 Å². The summed E-state index contributed by atoms with van der Waals surface area (Å²) >= 11 is 1.77. The molecule has 1 unspecified atom stereocenters. The largest absolute Gasteiger partial charge is 0.347 e. The standard InChI is InChI=1S/C14H26N4S/c1-4-6-12-13(9-15)19-14(16-12)18(3)11-7-5-8-17(2)10-11/h11H,4-10,15H2,1-3H3. The molecule has 5 heteroatoms. The topological polar surface area (TPSA) is 45.4 Å². The van der Waals surface area contributed by atoms with E-state index < -0.39 is 0 Å². The van der Waals surface area contributed by atoms with Gasteiger partial charge in [-0.05, 0) is 32.9 Å². The Morgan fingerprint density at radius 3 is 2.95 bits per heavy atom. The van der Waals surface area contributed by atoms with E-state index in [1.165, 1.54) is 30.0 Å². The smallest absolute Gasteiger partial charge is 0.185 e. The highest BCUT2D eigenvalue weighted by atomic mass is 32.1. The first-order valence-corrected chi connectivity index (χ1v) is 8.07. The average molecular weight is 282 g/mol. The lowest BCUT2D eigenvalue weighted by atomic mass is 10.1. The van der Waals surface area contributed by atoms with Crippen LogP contribution in [0.5, 0.6) is 0 Å². The molecule has 0 radical (unpaired) electrons. The van der Waals surface area contributed by atoms with Crippen molar-refractivity contribution in [2.45, 2.75) is 45.2 Å². The molecule has 0 saturated carbocycles. The van der Waals surface area contributed by atoms with Crippen molar-refractivity contribution < 1.29 is 0 Å². The van der Waals surface area contributed by atoms with Gasteiger partial charge < -0.3 is 15.5 Å². The molecule has 0 aromatic carbocycles. The summed E-state index contributed by atoms with van der Waals surface area (Å²) in [5.74, 6) is 0. The van der Waals surface area contributed by atoms with Crippen molar-refractivity contribution in [1.82, 2.24) is 9.88 Å². The number of thiazole rings is 1. The van der Waals surface area contributed by atoms with Crippen molar-refractivity contribution in [3.05, 3.63) is 10.6 Å². The Bertz CT molecular complexity index is 404. The van der Waals surface area contributed by atoms with Gasteiger partial charge in [0.05, 0.1) is 5.69 Å². The van der Waals surface area contributed by atoms with Crippen LogP contribution >= 0.6 is 11.3 Å². The molecule has 0 bridgehead atoms. The molecule has 0 spiro atoms. The molecular weight excluding hydrogens is 256 g/mol. The van der Waals surface area contributed by atoms with Crippen LogP contribution in [0.4, 0.5) is 5.13 Å². The number of hydrogen-bond acceptors (Lipinski definition) is 5. The number of nitrogens with zero attached hydrogens (tertiary/aromatic N) is 3. The van der Waals surface area contributed by atoms with Crippen LogP contribution in [0.25, 0.3) is 0 Å². The third-order valence-electron chi connectivity index (χ3n) is 3.89. The van der Waals surface area contributed by atoms with Gasteiger partial charge in [0.2, 0.25) is 0 Å². The molecule has 1 saturated heterocycles. The van der Waals surface area contributed by atoms with Crippen molar-refractivity contribution in [1.29, 1.82) is 0 Å². The molecule has 1 aliphatic rings. The second kappa shape index (κ2) is 6.68. The molecule has 1 aliphatic heterocycles. The number of nitrogens with two attached hydrogens (primary N) is 1. The summed E-state index contributed by atoms with van der Waals surface area (Å²) in [5, 5.41) is 1.14. The number of anilines is 1. The second-order valence-electron chi connectivity index (χ2n) is 5.49. The fourth-order valence-corrected chi connectivity index (χ4v) is 3.74. The first-order chi connectivity index (χ1) is 9.15. The molecule has 2 heterocycles. The number of rotatable bonds is 5. The van der Waals surface area contributed by atoms with Gasteiger partial charge in [-0.1, -0.05) is 13.3 Å². The molecule has 4 nitrogen and oxygen atoms in total. The van der Waals surface area contributed by atoms with Gasteiger partial charge in [-0.3, -0.25) is 0 Å². The summed E-state index contributed by atoms with van der Waals surface area (Å²) in [6.45, 7) is 5.17. The quantitative estimate of drug-likeness (QED) is 0.898. The van der Waals surface area contributed by atoms with Gasteiger partial charge >= 0.3 is 0 Å². The predicted octanol–water partition coefficient (Wildman–Crippen LogP) is 2.08. The van der Waals surface area contributed by atoms with Crippen LogP contribution in [0.15, 0.2) is 0 Å². The van der Waals surface area contributed by atoms with E-state index in [0.717, 1.165) is 24.5 Å². The Morgan fingerprint density at radius 1 is 1.53 bits per heavy atom. The average Bonchev–Trinajstić information content (AvgIpc) is 2.81. The molecule has 2 rings (SSSR count). The Kier molecular flexibility index (Phi) is 5.19. The van der Waals surface area contributed by atoms with Gasteiger partial charge in [0, 0.05) is 31.1 Å². The lowest BCUT2D eigenvalue weighted by molar-refractivity contribution is 0.248. The van der Waals surface area contributed by atoms with Crippen molar-refractivity contribution in [2.24, 2.45) is 5.73 Å². The first kappa shape index (κ1) is 14.8. The highest BCUT2D eigenvalue weighted by Crippen LogP contribution is 2.29. The molecule has 0 amide bonds. The van der Waals surface area contributed by atoms with Gasteiger partial charge in [-0.25, -0.2) is 4.98 Å². The van der Waals surface area contributed by atoms with Crippen LogP contribution in [-0.4, -0.2) is 43.1 Å². The van der Waals surface area contributed by atoms with E-state index in [-0.39, 0.29) is 0 Å². The minimum Gasteiger partial charge on any atom is -0.347 e. The highest BCUT2D eigenvalue weighted by Gasteiger charge is 2.23. The summed E-state index contributed by atoms with van der Waals surface area (Å²) in [7, 11) is 4.38. The monoisotopic (exact) mass is 282 g/mol. The number of aryl methyl sites for hydroxylation is 1. The lowest BCUT2D eigenvalue weighted by Crippen LogP contribution is -2.45. The predicted molar refractivity (Wildman–Crippen MR) is 82.9 cm³/mol. The van der Waals surface area contributed by atoms with E-state index >= 15 is 0 Å². The van der Waals surface area contributed by atoms with Crippen LogP contribution in [-0.2, 0) is 13.0 Å². The minimum atomic E-state index is 0.588. The van der Waals surface area contributed by atoms with Gasteiger partial charge in [-0.2, -0.15) is 0 Å². The Morgan fingerprint density at radius 2 is 2.32 bits per heavy atom. The Labute approximate surface area is 120 Å². The molecule has 1 aromatic rings. The lowest BCUT2D eigenvalue weighted by Gasteiger charge is -2.35. The Hall–Kier alpha value is -0.650. The van der Waals surface area contributed by atoms with Gasteiger partial charge in [0.1, 0.15) is 0 Å². The van der Waals surface area contributed by atoms with E-state index in [9.17, 15) is 0 Å². The van der Waals surface area contributed by atoms with E-state index in [2.05, 4.69) is 30.8 Å². The van der Waals surface area contributed by atoms with Crippen molar-refractivity contribution >= 4 is 16.5 Å². The highest BCUT2D eigenvalue weighted by molar-refractivity contribution is 7.15. The van der Waals surface area contributed by atoms with Crippen LogP contribution in [0.3, 0.4) is 0 Å². The zero-order chi connectivity index (χ0) is 13.8. The fraction of sp³-hybridized carbons (Fsp3) is 0.786. The SMILES string of the molecule is CCCc1nc(N(C)C2CCCN(C)C2)sc1CN. The summed E-state index contributed by atoms with van der Waals surface area (Å²) in [6, 6.07) is 0.588. The normalized spacial score (nSPS) is 20.7. The summed E-state index contributed by atoms with van der Waals surface area (Å²) in [6.07, 6.45) is 4.72. The molecular formula is C14H26N4S. The van der Waals surface area contributed by atoms with Crippen LogP contribution in [0.2, 0.25) is 0 Å².